The van der Waals surface area contributed by atoms with Gasteiger partial charge in [0.2, 0.25) is 5.91 Å². The van der Waals surface area contributed by atoms with E-state index >= 15 is 4.79 Å². The molecule has 390 valence electrons. The van der Waals surface area contributed by atoms with Crippen LogP contribution in [0.3, 0.4) is 0 Å². The van der Waals surface area contributed by atoms with Gasteiger partial charge in [-0.15, -0.1) is 0 Å². The summed E-state index contributed by atoms with van der Waals surface area (Å²) in [4.78, 5) is 58.0. The Labute approximate surface area is 431 Å². The highest BCUT2D eigenvalue weighted by molar-refractivity contribution is 5.85. The molecule has 2 aromatic heterocycles. The number of carbonyl (C=O) groups is 3. The van der Waals surface area contributed by atoms with E-state index in [1.165, 1.54) is 38.5 Å². The van der Waals surface area contributed by atoms with Crippen LogP contribution in [0.15, 0.2) is 61.1 Å². The first-order valence-electron chi connectivity index (χ1n) is 28.5. The smallest absolute Gasteiger partial charge is 0.309 e. The van der Waals surface area contributed by atoms with Gasteiger partial charge in [-0.3, -0.25) is 19.4 Å². The van der Waals surface area contributed by atoms with Crippen molar-refractivity contribution in [2.45, 2.75) is 177 Å². The first-order chi connectivity index (χ1) is 34.2. The molecule has 7 aliphatic carbocycles. The van der Waals surface area contributed by atoms with E-state index in [4.69, 9.17) is 14.5 Å². The van der Waals surface area contributed by atoms with Crippen LogP contribution in [0.4, 0.5) is 0 Å². The molecule has 1 amide bonds. The zero-order chi connectivity index (χ0) is 50.8. The maximum absolute atomic E-state index is 16.1. The number of nitrogens with zero attached hydrogens (tertiary/aromatic N) is 5. The van der Waals surface area contributed by atoms with Gasteiger partial charge >= 0.3 is 11.9 Å². The fourth-order valence-electron chi connectivity index (χ4n) is 18.7. The van der Waals surface area contributed by atoms with Crippen LogP contribution >= 0.6 is 0 Å². The zero-order valence-corrected chi connectivity index (χ0v) is 45.7. The molecule has 1 aliphatic heterocycles. The number of likely N-dealkylation sites (tertiary alicyclic amines) is 1. The monoisotopic (exact) mass is 982 g/mol. The average molecular weight is 982 g/mol. The van der Waals surface area contributed by atoms with Crippen molar-refractivity contribution in [3.8, 4) is 11.3 Å². The summed E-state index contributed by atoms with van der Waals surface area (Å²) in [5.74, 6) is 3.05. The number of likely N-dealkylation sites (N-methyl/N-ethyl adjacent to an activating group) is 1. The van der Waals surface area contributed by atoms with Gasteiger partial charge in [-0.2, -0.15) is 0 Å². The van der Waals surface area contributed by atoms with Gasteiger partial charge in [-0.25, -0.2) is 4.98 Å². The van der Waals surface area contributed by atoms with Crippen molar-refractivity contribution in [3.05, 3.63) is 72.4 Å². The minimum Gasteiger partial charge on any atom is -0.462 e. The number of ether oxygens (including phenoxy) is 2. The van der Waals surface area contributed by atoms with Crippen LogP contribution in [0, 0.1) is 79.3 Å². The molecule has 0 spiro atoms. The second-order valence-corrected chi connectivity index (χ2v) is 27.6. The van der Waals surface area contributed by atoms with Gasteiger partial charge in [-0.05, 0) is 185 Å². The Kier molecular flexibility index (Phi) is 12.4. The molecule has 7 saturated carbocycles. The van der Waals surface area contributed by atoms with Gasteiger partial charge in [0.25, 0.3) is 0 Å². The van der Waals surface area contributed by atoms with E-state index < -0.39 is 5.41 Å². The lowest BCUT2D eigenvalue weighted by Crippen LogP contribution is -2.67. The highest BCUT2D eigenvalue weighted by atomic mass is 16.5. The average Bonchev–Trinajstić information content (AvgIpc) is 3.67. The summed E-state index contributed by atoms with van der Waals surface area (Å²) in [5.41, 5.74) is 2.69. The molecule has 0 radical (unpaired) electrons. The summed E-state index contributed by atoms with van der Waals surface area (Å²) in [5, 5.41) is 0. The van der Waals surface area contributed by atoms with Gasteiger partial charge in [0.1, 0.15) is 18.5 Å². The molecule has 1 unspecified atom stereocenters. The molecule has 3 heterocycles. The number of imidazole rings is 1. The molecular weight excluding hydrogens is 895 g/mol. The Hall–Kier alpha value is -4.05. The Morgan fingerprint density at radius 3 is 2.21 bits per heavy atom. The largest absolute Gasteiger partial charge is 0.462 e. The van der Waals surface area contributed by atoms with Gasteiger partial charge in [0.05, 0.1) is 29.0 Å². The van der Waals surface area contributed by atoms with Crippen molar-refractivity contribution in [2.75, 3.05) is 27.2 Å². The Morgan fingerprint density at radius 1 is 0.736 bits per heavy atom. The predicted octanol–water partition coefficient (Wildman–Crippen LogP) is 12.4. The van der Waals surface area contributed by atoms with Crippen molar-refractivity contribution in [1.82, 2.24) is 24.3 Å². The van der Waals surface area contributed by atoms with E-state index in [-0.39, 0.29) is 69.6 Å². The molecule has 1 aromatic carbocycles. The van der Waals surface area contributed by atoms with Gasteiger partial charge in [-0.1, -0.05) is 85.7 Å². The summed E-state index contributed by atoms with van der Waals surface area (Å²) in [6.45, 7) is 22.3. The molecule has 13 atom stereocenters. The van der Waals surface area contributed by atoms with Crippen LogP contribution in [0.5, 0.6) is 0 Å². The number of benzene rings is 1. The van der Waals surface area contributed by atoms with Crippen LogP contribution in [0.2, 0.25) is 0 Å². The lowest BCUT2D eigenvalue weighted by atomic mass is 9.32. The number of pyridine rings is 1. The zero-order valence-electron chi connectivity index (χ0n) is 45.7. The van der Waals surface area contributed by atoms with Crippen molar-refractivity contribution in [1.29, 1.82) is 0 Å². The molecule has 72 heavy (non-hydrogen) atoms. The second kappa shape index (κ2) is 17.8. The Morgan fingerprint density at radius 2 is 1.50 bits per heavy atom. The molecule has 10 nitrogen and oxygen atoms in total. The van der Waals surface area contributed by atoms with E-state index in [1.54, 1.807) is 0 Å². The lowest BCUT2D eigenvalue weighted by molar-refractivity contribution is -0.253. The first kappa shape index (κ1) is 50.1. The Bertz CT molecular complexity index is 2530. The summed E-state index contributed by atoms with van der Waals surface area (Å²) >= 11 is 0. The van der Waals surface area contributed by atoms with Crippen molar-refractivity contribution < 1.29 is 23.9 Å². The van der Waals surface area contributed by atoms with Crippen LogP contribution in [0.1, 0.15) is 169 Å². The number of rotatable bonds is 12. The molecule has 10 heteroatoms. The minimum atomic E-state index is -0.521. The molecule has 11 rings (SSSR count). The Balaban J connectivity index is 0.820. The molecular formula is C62H87N5O5. The maximum Gasteiger partial charge on any atom is 0.309 e. The standard InChI is InChI=1S/C62H87N5O5/c1-56(2)44(53(68)71-39-40-16-12-11-13-17-40)36-45(56)54(69)72-50-24-25-59(6)48(57(50,3)4)23-26-61(8)49(59)21-20-43-51-42(58(5)28-29-58)22-27-62(51,31-30-60(43,61)7)55(70)67-33-15-19-47(67)52-64-46(41-18-14-32-63-37-41)38-66(52)35-34-65(9)10/h11-14,16-18,32,37-38,42-45,47-51H,15,19-31,33-36,39H2,1-10H3/t42?,43-,44+,45-,47+,48+,49-,50+,51-,59+,60-,61-,62+/m1/s1. The third-order valence-electron chi connectivity index (χ3n) is 23.4. The van der Waals surface area contributed by atoms with E-state index in [9.17, 15) is 9.59 Å². The number of fused-ring (bicyclic) bond motifs is 7. The van der Waals surface area contributed by atoms with Crippen LogP contribution in [-0.2, 0) is 37.0 Å². The van der Waals surface area contributed by atoms with Crippen molar-refractivity contribution in [2.24, 2.45) is 79.3 Å². The predicted molar refractivity (Wildman–Crippen MR) is 281 cm³/mol. The molecule has 8 fully saturated rings. The molecule has 8 aliphatic rings. The number of amides is 1. The summed E-state index contributed by atoms with van der Waals surface area (Å²) in [6.07, 6.45) is 21.9. The normalized spacial score (nSPS) is 38.9. The van der Waals surface area contributed by atoms with Gasteiger partial charge < -0.3 is 23.8 Å². The van der Waals surface area contributed by atoms with E-state index in [1.807, 2.05) is 62.6 Å². The van der Waals surface area contributed by atoms with Crippen molar-refractivity contribution >= 4 is 17.8 Å². The van der Waals surface area contributed by atoms with E-state index in [0.717, 1.165) is 93.6 Å². The maximum atomic E-state index is 16.1. The summed E-state index contributed by atoms with van der Waals surface area (Å²) in [7, 11) is 4.26. The fraction of sp³-hybridized carbons (Fsp3) is 0.726. The number of hydrogen-bond donors (Lipinski definition) is 0. The van der Waals surface area contributed by atoms with Gasteiger partial charge in [0, 0.05) is 49.2 Å². The third-order valence-corrected chi connectivity index (χ3v) is 23.4. The SMILES string of the molecule is CN(C)CCn1cc(-c2cccnc2)nc1[C@@H]1CCCN1C(=O)[C@]12CCC(C3(C)CC3)[C@@H]1[C@H]1CC[C@@H]3[C@@]4(C)CC[C@H](OC(=O)[C@H]5C[C@@H](C(=O)OCc6ccccc6)C5(C)C)C(C)(C)[C@@H]4CC[C@@]3(C)[C@]1(C)CC2. The molecule has 0 bridgehead atoms. The topological polar surface area (TPSA) is 107 Å². The third kappa shape index (κ3) is 7.71. The number of esters is 2. The first-order valence-corrected chi connectivity index (χ1v) is 28.5. The fourth-order valence-corrected chi connectivity index (χ4v) is 18.7. The summed E-state index contributed by atoms with van der Waals surface area (Å²) in [6, 6.07) is 13.9. The molecule has 0 N–H and O–H groups in total. The van der Waals surface area contributed by atoms with E-state index in [0.29, 0.717) is 47.3 Å². The van der Waals surface area contributed by atoms with Crippen LogP contribution in [0.25, 0.3) is 11.3 Å². The second-order valence-electron chi connectivity index (χ2n) is 27.6. The highest BCUT2D eigenvalue weighted by Crippen LogP contribution is 2.79. The van der Waals surface area contributed by atoms with E-state index in [2.05, 4.69) is 87.3 Å². The van der Waals surface area contributed by atoms with Crippen molar-refractivity contribution in [3.63, 3.8) is 0 Å². The number of hydrogen-bond acceptors (Lipinski definition) is 8. The molecule has 1 saturated heterocycles. The van der Waals surface area contributed by atoms with Crippen LogP contribution < -0.4 is 0 Å². The van der Waals surface area contributed by atoms with Crippen LogP contribution in [-0.4, -0.2) is 75.5 Å². The minimum absolute atomic E-state index is 0.0173. The summed E-state index contributed by atoms with van der Waals surface area (Å²) < 4.78 is 14.8. The number of carbonyl (C=O) groups excluding carboxylic acids is 3. The lowest BCUT2D eigenvalue weighted by Gasteiger charge is -2.73. The van der Waals surface area contributed by atoms with Gasteiger partial charge in [0.15, 0.2) is 0 Å². The number of aromatic nitrogens is 3. The highest BCUT2D eigenvalue weighted by Gasteiger charge is 2.74. The molecule has 3 aromatic rings. The quantitative estimate of drug-likeness (QED) is 0.165.